The van der Waals surface area contributed by atoms with Crippen LogP contribution in [0.15, 0.2) is 0 Å². The van der Waals surface area contributed by atoms with Gasteiger partial charge in [-0.2, -0.15) is 0 Å². The second-order valence-electron chi connectivity index (χ2n) is 3.80. The minimum atomic E-state index is 0.304. The summed E-state index contributed by atoms with van der Waals surface area (Å²) < 4.78 is 15.6. The molecule has 102 valence electrons. The molecule has 0 unspecified atom stereocenters. The van der Waals surface area contributed by atoms with Gasteiger partial charge in [-0.15, -0.1) is 0 Å². The van der Waals surface area contributed by atoms with Crippen LogP contribution < -0.4 is 4.74 Å². The van der Waals surface area contributed by atoms with Crippen molar-refractivity contribution in [2.24, 2.45) is 0 Å². The number of methoxy groups -OCH3 is 1. The van der Waals surface area contributed by atoms with Crippen molar-refractivity contribution in [2.45, 2.75) is 20.3 Å². The van der Waals surface area contributed by atoms with Crippen molar-refractivity contribution in [3.05, 3.63) is 16.5 Å². The molecule has 1 rings (SSSR count). The van der Waals surface area contributed by atoms with Crippen LogP contribution in [-0.2, 0) is 9.47 Å². The first-order valence-corrected chi connectivity index (χ1v) is 6.23. The van der Waals surface area contributed by atoms with Crippen molar-refractivity contribution in [3.63, 3.8) is 0 Å². The normalized spacial score (nSPS) is 10.7. The van der Waals surface area contributed by atoms with Gasteiger partial charge in [-0.25, -0.2) is 9.97 Å². The van der Waals surface area contributed by atoms with Crippen molar-refractivity contribution in [1.29, 1.82) is 0 Å². The van der Waals surface area contributed by atoms with Gasteiger partial charge in [-0.05, 0) is 13.8 Å². The lowest BCUT2D eigenvalue weighted by Crippen LogP contribution is -2.08. The Balaban J connectivity index is 2.25. The van der Waals surface area contributed by atoms with E-state index in [9.17, 15) is 0 Å². The number of hydrogen-bond acceptors (Lipinski definition) is 5. The fraction of sp³-hybridized carbons (Fsp3) is 0.667. The molecule has 0 saturated heterocycles. The molecule has 18 heavy (non-hydrogen) atoms. The predicted molar refractivity (Wildman–Crippen MR) is 69.3 cm³/mol. The molecule has 0 radical (unpaired) electrons. The highest BCUT2D eigenvalue weighted by Crippen LogP contribution is 2.20. The quantitative estimate of drug-likeness (QED) is 0.680. The maximum absolute atomic E-state index is 5.94. The standard InChI is InChI=1S/C12H19ClN2O3/c1-9-10(2)15-12(11(13)14-9)18-6-4-5-17-8-7-16-3/h4-8H2,1-3H3. The number of ether oxygens (including phenoxy) is 3. The summed E-state index contributed by atoms with van der Waals surface area (Å²) in [5.74, 6) is 0.386. The molecule has 6 heteroatoms. The third-order valence-electron chi connectivity index (χ3n) is 2.34. The lowest BCUT2D eigenvalue weighted by molar-refractivity contribution is 0.0642. The first-order chi connectivity index (χ1) is 8.65. The summed E-state index contributed by atoms with van der Waals surface area (Å²) >= 11 is 5.94. The molecule has 1 aromatic heterocycles. The Bertz CT molecular complexity index is 375. The van der Waals surface area contributed by atoms with Gasteiger partial charge >= 0.3 is 0 Å². The molecule has 0 aliphatic carbocycles. The lowest BCUT2D eigenvalue weighted by Gasteiger charge is -2.08. The van der Waals surface area contributed by atoms with Crippen LogP contribution in [-0.4, -0.2) is 43.5 Å². The summed E-state index contributed by atoms with van der Waals surface area (Å²) in [7, 11) is 1.65. The number of halogens is 1. The molecule has 1 aromatic rings. The zero-order valence-electron chi connectivity index (χ0n) is 11.0. The number of aryl methyl sites for hydroxylation is 2. The Morgan fingerprint density at radius 1 is 1.00 bits per heavy atom. The molecule has 5 nitrogen and oxygen atoms in total. The van der Waals surface area contributed by atoms with Gasteiger partial charge in [0.05, 0.1) is 31.2 Å². The zero-order valence-corrected chi connectivity index (χ0v) is 11.8. The average molecular weight is 275 g/mol. The van der Waals surface area contributed by atoms with E-state index < -0.39 is 0 Å². The van der Waals surface area contributed by atoms with Gasteiger partial charge in [-0.3, -0.25) is 0 Å². The van der Waals surface area contributed by atoms with Crippen molar-refractivity contribution in [3.8, 4) is 5.88 Å². The lowest BCUT2D eigenvalue weighted by atomic mass is 10.3. The monoisotopic (exact) mass is 274 g/mol. The topological polar surface area (TPSA) is 53.5 Å². The van der Waals surface area contributed by atoms with E-state index in [2.05, 4.69) is 9.97 Å². The molecule has 0 N–H and O–H groups in total. The fourth-order valence-electron chi connectivity index (χ4n) is 1.22. The van der Waals surface area contributed by atoms with E-state index >= 15 is 0 Å². The van der Waals surface area contributed by atoms with Gasteiger partial charge in [0.15, 0.2) is 5.15 Å². The second kappa shape index (κ2) is 8.24. The van der Waals surface area contributed by atoms with Crippen LogP contribution in [0.1, 0.15) is 17.8 Å². The maximum Gasteiger partial charge on any atom is 0.252 e. The summed E-state index contributed by atoms with van der Waals surface area (Å²) in [4.78, 5) is 8.38. The SMILES string of the molecule is COCCOCCCOc1nc(C)c(C)nc1Cl. The molecule has 0 fully saturated rings. The van der Waals surface area contributed by atoms with Crippen molar-refractivity contribution >= 4 is 11.6 Å². The number of rotatable bonds is 8. The Morgan fingerprint density at radius 2 is 1.72 bits per heavy atom. The third kappa shape index (κ3) is 5.16. The molecular weight excluding hydrogens is 256 g/mol. The minimum Gasteiger partial charge on any atom is -0.475 e. The molecular formula is C12H19ClN2O3. The van der Waals surface area contributed by atoms with Crippen LogP contribution in [0.3, 0.4) is 0 Å². The van der Waals surface area contributed by atoms with E-state index in [0.717, 1.165) is 17.8 Å². The van der Waals surface area contributed by atoms with Crippen LogP contribution >= 0.6 is 11.6 Å². The van der Waals surface area contributed by atoms with Gasteiger partial charge in [0, 0.05) is 20.1 Å². The van der Waals surface area contributed by atoms with Gasteiger partial charge in [0.25, 0.3) is 5.88 Å². The Hall–Kier alpha value is -0.910. The highest BCUT2D eigenvalue weighted by atomic mass is 35.5. The number of hydrogen-bond donors (Lipinski definition) is 0. The highest BCUT2D eigenvalue weighted by Gasteiger charge is 2.07. The second-order valence-corrected chi connectivity index (χ2v) is 4.16. The van der Waals surface area contributed by atoms with Crippen LogP contribution in [0.2, 0.25) is 5.15 Å². The Labute approximate surface area is 112 Å². The number of aromatic nitrogens is 2. The largest absolute Gasteiger partial charge is 0.475 e. The highest BCUT2D eigenvalue weighted by molar-refractivity contribution is 6.30. The third-order valence-corrected chi connectivity index (χ3v) is 2.58. The van der Waals surface area contributed by atoms with Crippen molar-refractivity contribution < 1.29 is 14.2 Å². The molecule has 0 atom stereocenters. The molecule has 0 aliphatic heterocycles. The molecule has 0 bridgehead atoms. The van der Waals surface area contributed by atoms with Crippen LogP contribution in [0, 0.1) is 13.8 Å². The summed E-state index contributed by atoms with van der Waals surface area (Å²) in [5, 5.41) is 0.304. The smallest absolute Gasteiger partial charge is 0.252 e. The van der Waals surface area contributed by atoms with Gasteiger partial charge in [0.1, 0.15) is 0 Å². The first kappa shape index (κ1) is 15.1. The van der Waals surface area contributed by atoms with E-state index in [1.807, 2.05) is 13.8 Å². The molecule has 0 amide bonds. The summed E-state index contributed by atoms with van der Waals surface area (Å²) in [5.41, 5.74) is 1.64. The minimum absolute atomic E-state index is 0.304. The van der Waals surface area contributed by atoms with E-state index in [-0.39, 0.29) is 0 Å². The summed E-state index contributed by atoms with van der Waals surface area (Å²) in [6.07, 6.45) is 0.772. The van der Waals surface area contributed by atoms with Gasteiger partial charge < -0.3 is 14.2 Å². The van der Waals surface area contributed by atoms with Crippen LogP contribution in [0.25, 0.3) is 0 Å². The molecule has 1 heterocycles. The molecule has 0 spiro atoms. The van der Waals surface area contributed by atoms with Crippen LogP contribution in [0.5, 0.6) is 5.88 Å². The van der Waals surface area contributed by atoms with Gasteiger partial charge in [-0.1, -0.05) is 11.6 Å². The molecule has 0 saturated carbocycles. The van der Waals surface area contributed by atoms with E-state index in [1.165, 1.54) is 0 Å². The summed E-state index contributed by atoms with van der Waals surface area (Å²) in [6.45, 7) is 6.07. The number of nitrogens with zero attached hydrogens (tertiary/aromatic N) is 2. The van der Waals surface area contributed by atoms with E-state index in [4.69, 9.17) is 25.8 Å². The average Bonchev–Trinajstić information content (AvgIpc) is 2.34. The summed E-state index contributed by atoms with van der Waals surface area (Å²) in [6, 6.07) is 0. The molecule has 0 aliphatic rings. The van der Waals surface area contributed by atoms with Crippen molar-refractivity contribution in [2.75, 3.05) is 33.5 Å². The van der Waals surface area contributed by atoms with Crippen LogP contribution in [0.4, 0.5) is 0 Å². The Kier molecular flexibility index (Phi) is 6.93. The predicted octanol–water partition coefficient (Wildman–Crippen LogP) is 2.18. The fourth-order valence-corrected chi connectivity index (χ4v) is 1.44. The van der Waals surface area contributed by atoms with E-state index in [1.54, 1.807) is 7.11 Å². The van der Waals surface area contributed by atoms with Gasteiger partial charge in [0.2, 0.25) is 0 Å². The maximum atomic E-state index is 5.94. The Morgan fingerprint density at radius 3 is 2.44 bits per heavy atom. The first-order valence-electron chi connectivity index (χ1n) is 5.85. The zero-order chi connectivity index (χ0) is 13.4. The molecule has 0 aromatic carbocycles. The van der Waals surface area contributed by atoms with Crippen molar-refractivity contribution in [1.82, 2.24) is 9.97 Å². The van der Waals surface area contributed by atoms with E-state index in [0.29, 0.717) is 37.5 Å².